The average molecular weight is 224 g/mol. The molecule has 0 aliphatic carbocycles. The molecule has 82 valence electrons. The Morgan fingerprint density at radius 2 is 2.27 bits per heavy atom. The molecule has 0 amide bonds. The maximum atomic E-state index is 6.19. The Kier molecular flexibility index (Phi) is 4.86. The van der Waals surface area contributed by atoms with Crippen LogP contribution in [0.25, 0.3) is 6.08 Å². The minimum atomic E-state index is 0.302. The number of halogens is 1. The van der Waals surface area contributed by atoms with Gasteiger partial charge < -0.3 is 5.32 Å². The first kappa shape index (κ1) is 12.3. The van der Waals surface area contributed by atoms with Gasteiger partial charge in [0.05, 0.1) is 0 Å². The molecule has 1 unspecified atom stereocenters. The quantitative estimate of drug-likeness (QED) is 0.795. The fourth-order valence-electron chi connectivity index (χ4n) is 1.49. The molecule has 1 aromatic rings. The zero-order valence-corrected chi connectivity index (χ0v) is 10.1. The van der Waals surface area contributed by atoms with Crippen molar-refractivity contribution in [2.75, 3.05) is 6.54 Å². The molecule has 1 nitrogen and oxygen atoms in total. The van der Waals surface area contributed by atoms with Gasteiger partial charge in [-0.25, -0.2) is 0 Å². The molecular weight excluding hydrogens is 206 g/mol. The Bertz CT molecular complexity index is 333. The van der Waals surface area contributed by atoms with Crippen LogP contribution in [0.15, 0.2) is 24.8 Å². The molecule has 2 heteroatoms. The predicted molar refractivity (Wildman–Crippen MR) is 68.3 cm³/mol. The molecule has 0 aliphatic heterocycles. The highest BCUT2D eigenvalue weighted by Crippen LogP contribution is 2.24. The van der Waals surface area contributed by atoms with Crippen LogP contribution in [0.4, 0.5) is 0 Å². The van der Waals surface area contributed by atoms with Gasteiger partial charge in [0.25, 0.3) is 0 Å². The van der Waals surface area contributed by atoms with Crippen LogP contribution < -0.4 is 5.32 Å². The maximum absolute atomic E-state index is 6.19. The summed E-state index contributed by atoms with van der Waals surface area (Å²) in [5.74, 6) is 0. The monoisotopic (exact) mass is 223 g/mol. The van der Waals surface area contributed by atoms with Crippen molar-refractivity contribution in [3.8, 4) is 0 Å². The molecule has 0 aromatic heterocycles. The van der Waals surface area contributed by atoms with Crippen molar-refractivity contribution in [3.05, 3.63) is 40.9 Å². The Morgan fingerprint density at radius 1 is 1.53 bits per heavy atom. The Hall–Kier alpha value is -0.790. The van der Waals surface area contributed by atoms with Crippen molar-refractivity contribution >= 4 is 17.7 Å². The maximum Gasteiger partial charge on any atom is 0.0459 e. The number of hydrogen-bond donors (Lipinski definition) is 1. The molecule has 1 N–H and O–H groups in total. The number of rotatable bonds is 5. The topological polar surface area (TPSA) is 12.0 Å². The van der Waals surface area contributed by atoms with E-state index in [9.17, 15) is 0 Å². The largest absolute Gasteiger partial charge is 0.310 e. The van der Waals surface area contributed by atoms with E-state index in [2.05, 4.69) is 31.8 Å². The normalized spacial score (nSPS) is 12.5. The smallest absolute Gasteiger partial charge is 0.0459 e. The number of nitrogens with one attached hydrogen (secondary N) is 1. The number of benzene rings is 1. The first-order valence-corrected chi connectivity index (χ1v) is 5.72. The molecule has 0 aliphatic rings. The fourth-order valence-corrected chi connectivity index (χ4v) is 1.84. The van der Waals surface area contributed by atoms with E-state index in [1.807, 2.05) is 12.1 Å². The van der Waals surface area contributed by atoms with E-state index < -0.39 is 0 Å². The van der Waals surface area contributed by atoms with Crippen molar-refractivity contribution < 1.29 is 0 Å². The highest BCUT2D eigenvalue weighted by molar-refractivity contribution is 6.31. The summed E-state index contributed by atoms with van der Waals surface area (Å²) < 4.78 is 0. The van der Waals surface area contributed by atoms with Gasteiger partial charge in [-0.15, -0.1) is 0 Å². The summed E-state index contributed by atoms with van der Waals surface area (Å²) in [4.78, 5) is 0. The Balaban J connectivity index is 2.80. The molecule has 0 saturated carbocycles. The zero-order valence-electron chi connectivity index (χ0n) is 9.39. The van der Waals surface area contributed by atoms with Gasteiger partial charge in [-0.3, -0.25) is 0 Å². The summed E-state index contributed by atoms with van der Waals surface area (Å²) in [6, 6.07) is 6.36. The fraction of sp³-hybridized carbons (Fsp3) is 0.385. The lowest BCUT2D eigenvalue weighted by atomic mass is 10.1. The summed E-state index contributed by atoms with van der Waals surface area (Å²) in [6.07, 6.45) is 2.94. The van der Waals surface area contributed by atoms with Gasteiger partial charge in [0.15, 0.2) is 0 Å². The van der Waals surface area contributed by atoms with E-state index in [1.165, 1.54) is 0 Å². The molecule has 0 bridgehead atoms. The molecule has 1 aromatic carbocycles. The highest BCUT2D eigenvalue weighted by atomic mass is 35.5. The average Bonchev–Trinajstić information content (AvgIpc) is 2.25. The predicted octanol–water partition coefficient (Wildman–Crippen LogP) is 4.04. The molecule has 0 fully saturated rings. The third-order valence-corrected chi connectivity index (χ3v) is 2.75. The van der Waals surface area contributed by atoms with Crippen molar-refractivity contribution in [2.45, 2.75) is 26.3 Å². The molecule has 0 heterocycles. The van der Waals surface area contributed by atoms with Crippen LogP contribution in [0.3, 0.4) is 0 Å². The second-order valence-electron chi connectivity index (χ2n) is 3.66. The first-order chi connectivity index (χ1) is 7.19. The second-order valence-corrected chi connectivity index (χ2v) is 4.07. The first-order valence-electron chi connectivity index (χ1n) is 5.34. The Morgan fingerprint density at radius 3 is 2.80 bits per heavy atom. The van der Waals surface area contributed by atoms with E-state index in [-0.39, 0.29) is 0 Å². The van der Waals surface area contributed by atoms with E-state index in [0.717, 1.165) is 29.1 Å². The molecule has 0 saturated heterocycles. The summed E-state index contributed by atoms with van der Waals surface area (Å²) in [6.45, 7) is 9.02. The van der Waals surface area contributed by atoms with Gasteiger partial charge in [-0.1, -0.05) is 43.3 Å². The minimum Gasteiger partial charge on any atom is -0.310 e. The highest BCUT2D eigenvalue weighted by Gasteiger charge is 2.08. The second kappa shape index (κ2) is 5.94. The van der Waals surface area contributed by atoms with Crippen molar-refractivity contribution in [1.29, 1.82) is 0 Å². The van der Waals surface area contributed by atoms with Crippen molar-refractivity contribution in [2.24, 2.45) is 0 Å². The SMILES string of the molecule is C=Cc1ccc(C(C)NCCC)c(Cl)c1. The van der Waals surface area contributed by atoms with Crippen LogP contribution >= 0.6 is 11.6 Å². The molecule has 15 heavy (non-hydrogen) atoms. The van der Waals surface area contributed by atoms with Crippen molar-refractivity contribution in [3.63, 3.8) is 0 Å². The standard InChI is InChI=1S/C13H18ClN/c1-4-8-15-10(3)12-7-6-11(5-2)9-13(12)14/h5-7,9-10,15H,2,4,8H2,1,3H3. The van der Waals surface area contributed by atoms with Crippen LogP contribution in [0.2, 0.25) is 5.02 Å². The third-order valence-electron chi connectivity index (χ3n) is 2.43. The van der Waals surface area contributed by atoms with Gasteiger partial charge in [-0.05, 0) is 37.1 Å². The molecule has 1 rings (SSSR count). The molecular formula is C13H18ClN. The van der Waals surface area contributed by atoms with Gasteiger partial charge in [-0.2, -0.15) is 0 Å². The lowest BCUT2D eigenvalue weighted by molar-refractivity contribution is 0.571. The van der Waals surface area contributed by atoms with Gasteiger partial charge in [0.1, 0.15) is 0 Å². The molecule has 0 radical (unpaired) electrons. The van der Waals surface area contributed by atoms with Gasteiger partial charge in [0.2, 0.25) is 0 Å². The number of hydrogen-bond acceptors (Lipinski definition) is 1. The van der Waals surface area contributed by atoms with Crippen molar-refractivity contribution in [1.82, 2.24) is 5.32 Å². The lowest BCUT2D eigenvalue weighted by Gasteiger charge is -2.15. The van der Waals surface area contributed by atoms with Gasteiger partial charge >= 0.3 is 0 Å². The van der Waals surface area contributed by atoms with E-state index in [1.54, 1.807) is 6.08 Å². The van der Waals surface area contributed by atoms with E-state index in [4.69, 9.17) is 11.6 Å². The Labute approximate surface area is 97.1 Å². The van der Waals surface area contributed by atoms with Crippen LogP contribution in [-0.4, -0.2) is 6.54 Å². The van der Waals surface area contributed by atoms with E-state index >= 15 is 0 Å². The van der Waals surface area contributed by atoms with E-state index in [0.29, 0.717) is 6.04 Å². The van der Waals surface area contributed by atoms with Crippen LogP contribution in [-0.2, 0) is 0 Å². The minimum absolute atomic E-state index is 0.302. The van der Waals surface area contributed by atoms with Crippen LogP contribution in [0.1, 0.15) is 37.4 Å². The summed E-state index contributed by atoms with van der Waals surface area (Å²) >= 11 is 6.19. The summed E-state index contributed by atoms with van der Waals surface area (Å²) in [5, 5.41) is 4.23. The summed E-state index contributed by atoms with van der Waals surface area (Å²) in [7, 11) is 0. The van der Waals surface area contributed by atoms with Gasteiger partial charge in [0, 0.05) is 11.1 Å². The lowest BCUT2D eigenvalue weighted by Crippen LogP contribution is -2.19. The summed E-state index contributed by atoms with van der Waals surface area (Å²) in [5.41, 5.74) is 2.21. The van der Waals surface area contributed by atoms with Crippen LogP contribution in [0.5, 0.6) is 0 Å². The molecule has 1 atom stereocenters. The zero-order chi connectivity index (χ0) is 11.3. The van der Waals surface area contributed by atoms with Crippen LogP contribution in [0, 0.1) is 0 Å². The molecule has 0 spiro atoms. The third kappa shape index (κ3) is 3.37.